The van der Waals surface area contributed by atoms with Gasteiger partial charge in [0.2, 0.25) is 0 Å². The van der Waals surface area contributed by atoms with Crippen LogP contribution in [-0.2, 0) is 20.1 Å². The van der Waals surface area contributed by atoms with Crippen LogP contribution in [0.1, 0.15) is 18.4 Å². The molecule has 1 aliphatic heterocycles. The molecule has 0 radical (unpaired) electrons. The Kier molecular flexibility index (Phi) is 5.39. The highest BCUT2D eigenvalue weighted by molar-refractivity contribution is 5.66. The third-order valence-electron chi connectivity index (χ3n) is 4.57. The first-order valence-corrected chi connectivity index (χ1v) is 9.38. The number of benzene rings is 1. The minimum atomic E-state index is 0.685. The summed E-state index contributed by atoms with van der Waals surface area (Å²) in [6, 6.07) is 6.07. The van der Waals surface area contributed by atoms with E-state index in [2.05, 4.69) is 32.2 Å². The maximum absolute atomic E-state index is 5.82. The lowest BCUT2D eigenvalue weighted by atomic mass is 10.1. The van der Waals surface area contributed by atoms with Crippen LogP contribution in [0.3, 0.4) is 0 Å². The zero-order valence-electron chi connectivity index (χ0n) is 15.6. The maximum Gasteiger partial charge on any atom is 0.161 e. The topological polar surface area (TPSA) is 66.1 Å². The molecule has 7 heteroatoms. The van der Waals surface area contributed by atoms with Gasteiger partial charge in [-0.05, 0) is 31.2 Å². The first-order valence-electron chi connectivity index (χ1n) is 9.38. The van der Waals surface area contributed by atoms with Gasteiger partial charge in [-0.1, -0.05) is 0 Å². The molecule has 3 aromatic rings. The van der Waals surface area contributed by atoms with Gasteiger partial charge in [-0.3, -0.25) is 4.68 Å². The maximum atomic E-state index is 5.82. The van der Waals surface area contributed by atoms with E-state index < -0.39 is 0 Å². The number of hydrogen-bond donors (Lipinski definition) is 1. The lowest BCUT2D eigenvalue weighted by molar-refractivity contribution is 0.297. The van der Waals surface area contributed by atoms with Crippen molar-refractivity contribution in [2.45, 2.75) is 25.9 Å². The van der Waals surface area contributed by atoms with Crippen molar-refractivity contribution in [3.05, 3.63) is 48.7 Å². The number of hydrogen-bond acceptors (Lipinski definition) is 5. The Morgan fingerprint density at radius 2 is 2.07 bits per heavy atom. The molecule has 0 amide bonds. The molecular formula is C20H25N5O2. The fourth-order valence-corrected chi connectivity index (χ4v) is 3.25. The van der Waals surface area contributed by atoms with Gasteiger partial charge in [-0.25, -0.2) is 4.98 Å². The molecule has 27 heavy (non-hydrogen) atoms. The van der Waals surface area contributed by atoms with Crippen molar-refractivity contribution in [2.75, 3.05) is 19.8 Å². The van der Waals surface area contributed by atoms with Crippen LogP contribution in [0, 0.1) is 0 Å². The van der Waals surface area contributed by atoms with Gasteiger partial charge in [0.15, 0.2) is 11.5 Å². The van der Waals surface area contributed by atoms with Gasteiger partial charge in [0, 0.05) is 56.3 Å². The summed E-state index contributed by atoms with van der Waals surface area (Å²) in [6.07, 6.45) is 9.68. The minimum absolute atomic E-state index is 0.685. The zero-order chi connectivity index (χ0) is 18.5. The number of nitrogens with zero attached hydrogens (tertiary/aromatic N) is 4. The molecule has 1 aliphatic rings. The predicted octanol–water partition coefficient (Wildman–Crippen LogP) is 2.62. The highest BCUT2D eigenvalue weighted by Crippen LogP contribution is 2.34. The van der Waals surface area contributed by atoms with Gasteiger partial charge < -0.3 is 19.4 Å². The van der Waals surface area contributed by atoms with Crippen LogP contribution in [0.4, 0.5) is 0 Å². The lowest BCUT2D eigenvalue weighted by Gasteiger charge is -2.10. The van der Waals surface area contributed by atoms with E-state index in [4.69, 9.17) is 9.47 Å². The van der Waals surface area contributed by atoms with Crippen molar-refractivity contribution >= 4 is 0 Å². The van der Waals surface area contributed by atoms with Crippen molar-refractivity contribution in [3.8, 4) is 22.8 Å². The molecule has 0 spiro atoms. The molecule has 4 rings (SSSR count). The smallest absolute Gasteiger partial charge is 0.161 e. The van der Waals surface area contributed by atoms with E-state index in [1.807, 2.05) is 42.6 Å². The van der Waals surface area contributed by atoms with Gasteiger partial charge in [-0.15, -0.1) is 0 Å². The molecule has 142 valence electrons. The molecule has 1 aromatic carbocycles. The molecule has 7 nitrogen and oxygen atoms in total. The second-order valence-electron chi connectivity index (χ2n) is 6.72. The summed E-state index contributed by atoms with van der Waals surface area (Å²) < 4.78 is 15.5. The average Bonchev–Trinajstić information content (AvgIpc) is 3.25. The average molecular weight is 367 g/mol. The molecule has 1 N–H and O–H groups in total. The van der Waals surface area contributed by atoms with Gasteiger partial charge in [0.25, 0.3) is 0 Å². The van der Waals surface area contributed by atoms with Crippen molar-refractivity contribution in [2.24, 2.45) is 7.05 Å². The first kappa shape index (κ1) is 17.6. The number of ether oxygens (including phenoxy) is 2. The highest BCUT2D eigenvalue weighted by atomic mass is 16.5. The summed E-state index contributed by atoms with van der Waals surface area (Å²) in [5.41, 5.74) is 3.21. The lowest BCUT2D eigenvalue weighted by Crippen LogP contribution is -2.16. The SMILES string of the molecule is Cn1cc(CNCCCn2ccnc2)c(-c2ccc3c(c2)OCCCO3)n1. The van der Waals surface area contributed by atoms with Gasteiger partial charge in [0.05, 0.1) is 25.2 Å². The Balaban J connectivity index is 1.41. The van der Waals surface area contributed by atoms with Crippen molar-refractivity contribution in [1.82, 2.24) is 24.6 Å². The Bertz CT molecular complexity index is 873. The Hall–Kier alpha value is -2.80. The third kappa shape index (κ3) is 4.31. The summed E-state index contributed by atoms with van der Waals surface area (Å²) in [7, 11) is 1.95. The van der Waals surface area contributed by atoms with Crippen LogP contribution in [0.5, 0.6) is 11.5 Å². The van der Waals surface area contributed by atoms with Crippen LogP contribution in [0.2, 0.25) is 0 Å². The summed E-state index contributed by atoms with van der Waals surface area (Å²) >= 11 is 0. The molecule has 3 heterocycles. The van der Waals surface area contributed by atoms with Gasteiger partial charge in [-0.2, -0.15) is 5.10 Å². The van der Waals surface area contributed by atoms with Crippen LogP contribution in [0.15, 0.2) is 43.1 Å². The quantitative estimate of drug-likeness (QED) is 0.650. The summed E-state index contributed by atoms with van der Waals surface area (Å²) in [5.74, 6) is 1.61. The molecule has 0 atom stereocenters. The zero-order valence-corrected chi connectivity index (χ0v) is 15.6. The van der Waals surface area contributed by atoms with Crippen LogP contribution in [0.25, 0.3) is 11.3 Å². The van der Waals surface area contributed by atoms with E-state index in [-0.39, 0.29) is 0 Å². The number of imidazole rings is 1. The van der Waals surface area contributed by atoms with Crippen molar-refractivity contribution in [1.29, 1.82) is 0 Å². The van der Waals surface area contributed by atoms with E-state index in [9.17, 15) is 0 Å². The summed E-state index contributed by atoms with van der Waals surface area (Å²) in [4.78, 5) is 4.07. The van der Waals surface area contributed by atoms with Gasteiger partial charge in [0.1, 0.15) is 0 Å². The number of rotatable bonds is 7. The number of fused-ring (bicyclic) bond motifs is 1. The Morgan fingerprint density at radius 1 is 1.19 bits per heavy atom. The number of aromatic nitrogens is 4. The Morgan fingerprint density at radius 3 is 2.93 bits per heavy atom. The fourth-order valence-electron chi connectivity index (χ4n) is 3.25. The molecule has 0 saturated heterocycles. The molecule has 0 saturated carbocycles. The van der Waals surface area contributed by atoms with E-state index in [1.54, 1.807) is 0 Å². The fraction of sp³-hybridized carbons (Fsp3) is 0.400. The van der Waals surface area contributed by atoms with Crippen LogP contribution >= 0.6 is 0 Å². The largest absolute Gasteiger partial charge is 0.490 e. The molecule has 2 aromatic heterocycles. The first-order chi connectivity index (χ1) is 13.3. The Labute approximate surface area is 158 Å². The molecule has 0 bridgehead atoms. The molecular weight excluding hydrogens is 342 g/mol. The highest BCUT2D eigenvalue weighted by Gasteiger charge is 2.15. The minimum Gasteiger partial charge on any atom is -0.490 e. The normalized spacial score (nSPS) is 13.5. The summed E-state index contributed by atoms with van der Waals surface area (Å²) in [6.45, 7) is 4.07. The summed E-state index contributed by atoms with van der Waals surface area (Å²) in [5, 5.41) is 8.18. The monoisotopic (exact) mass is 367 g/mol. The van der Waals surface area contributed by atoms with Crippen molar-refractivity contribution in [3.63, 3.8) is 0 Å². The standard InChI is InChI=1S/C20H25N5O2/c1-24-14-17(13-21-6-2-8-25-9-7-22-15-25)20(23-24)16-4-5-18-19(12-16)27-11-3-10-26-18/h4-5,7,9,12,14-15,21H,2-3,6,8,10-11,13H2,1H3. The number of aryl methyl sites for hydroxylation is 2. The van der Waals surface area contributed by atoms with E-state index in [1.165, 1.54) is 5.56 Å². The number of nitrogens with one attached hydrogen (secondary N) is 1. The van der Waals surface area contributed by atoms with E-state index in [0.717, 1.165) is 55.2 Å². The van der Waals surface area contributed by atoms with E-state index in [0.29, 0.717) is 13.2 Å². The predicted molar refractivity (Wildman–Crippen MR) is 103 cm³/mol. The molecule has 0 aliphatic carbocycles. The molecule has 0 unspecified atom stereocenters. The van der Waals surface area contributed by atoms with E-state index >= 15 is 0 Å². The second-order valence-corrected chi connectivity index (χ2v) is 6.72. The van der Waals surface area contributed by atoms with Gasteiger partial charge >= 0.3 is 0 Å². The molecule has 0 fully saturated rings. The second kappa shape index (κ2) is 8.26. The van der Waals surface area contributed by atoms with Crippen LogP contribution in [-0.4, -0.2) is 39.1 Å². The van der Waals surface area contributed by atoms with Crippen molar-refractivity contribution < 1.29 is 9.47 Å². The third-order valence-corrected chi connectivity index (χ3v) is 4.57. The van der Waals surface area contributed by atoms with Crippen LogP contribution < -0.4 is 14.8 Å².